The van der Waals surface area contributed by atoms with Crippen molar-refractivity contribution in [2.75, 3.05) is 6.54 Å². The second-order valence-electron chi connectivity index (χ2n) is 2.57. The molecule has 6 heteroatoms. The third-order valence-electron chi connectivity index (χ3n) is 1.71. The molecule has 0 bridgehead atoms. The molecule has 6 nitrogen and oxygen atoms in total. The summed E-state index contributed by atoms with van der Waals surface area (Å²) in [6.07, 6.45) is 1.44. The summed E-state index contributed by atoms with van der Waals surface area (Å²) in [6, 6.07) is 0. The van der Waals surface area contributed by atoms with E-state index in [-0.39, 0.29) is 11.7 Å². The first-order chi connectivity index (χ1) is 5.66. The average Bonchev–Trinajstić information content (AvgIpc) is 2.50. The highest BCUT2D eigenvalue weighted by Gasteiger charge is 2.18. The number of nitrogens with two attached hydrogens (primary N) is 1. The molecule has 1 aromatic rings. The van der Waals surface area contributed by atoms with Crippen LogP contribution >= 0.6 is 0 Å². The Labute approximate surface area is 68.9 Å². The van der Waals surface area contributed by atoms with Crippen LogP contribution in [0, 0.1) is 10.1 Å². The Bertz CT molecular complexity index is 283. The van der Waals surface area contributed by atoms with E-state index in [1.165, 1.54) is 6.20 Å². The van der Waals surface area contributed by atoms with Crippen molar-refractivity contribution in [2.45, 2.75) is 12.8 Å². The van der Waals surface area contributed by atoms with Crippen molar-refractivity contribution in [1.29, 1.82) is 0 Å². The van der Waals surface area contributed by atoms with E-state index in [2.05, 4.69) is 10.2 Å². The molecule has 3 N–H and O–H groups in total. The summed E-state index contributed by atoms with van der Waals surface area (Å²) in [5.41, 5.74) is 5.93. The van der Waals surface area contributed by atoms with Crippen LogP contribution in [0.1, 0.15) is 18.4 Å². The van der Waals surface area contributed by atoms with E-state index in [0.29, 0.717) is 12.1 Å². The van der Waals surface area contributed by atoms with Crippen LogP contribution in [-0.2, 0) is 0 Å². The molecule has 1 rings (SSSR count). The van der Waals surface area contributed by atoms with E-state index in [4.69, 9.17) is 5.73 Å². The number of nitrogens with zero attached hydrogens (tertiary/aromatic N) is 2. The number of hydrogen-bond acceptors (Lipinski definition) is 4. The van der Waals surface area contributed by atoms with Crippen LogP contribution in [0.4, 0.5) is 5.82 Å². The van der Waals surface area contributed by atoms with Crippen LogP contribution < -0.4 is 5.73 Å². The fourth-order valence-electron chi connectivity index (χ4n) is 0.922. The molecule has 0 saturated carbocycles. The smallest absolute Gasteiger partial charge is 0.346 e. The van der Waals surface area contributed by atoms with Crippen molar-refractivity contribution < 1.29 is 4.92 Å². The maximum absolute atomic E-state index is 10.4. The van der Waals surface area contributed by atoms with Gasteiger partial charge in [-0.1, -0.05) is 12.0 Å². The summed E-state index contributed by atoms with van der Waals surface area (Å²) >= 11 is 0. The Morgan fingerprint density at radius 1 is 1.92 bits per heavy atom. The highest BCUT2D eigenvalue weighted by Crippen LogP contribution is 2.22. The SMILES string of the molecule is CC(CN)c1cn[nH]c1[N+](=O)[O-]. The minimum absolute atomic E-state index is 0.0378. The molecule has 66 valence electrons. The minimum Gasteiger partial charge on any atom is -0.358 e. The first kappa shape index (κ1) is 8.66. The fraction of sp³-hybridized carbons (Fsp3) is 0.500. The lowest BCUT2D eigenvalue weighted by molar-refractivity contribution is -0.390. The molecular formula is C6H10N4O2. The van der Waals surface area contributed by atoms with Gasteiger partial charge >= 0.3 is 5.82 Å². The van der Waals surface area contributed by atoms with Crippen LogP contribution in [0.2, 0.25) is 0 Å². The molecule has 1 heterocycles. The lowest BCUT2D eigenvalue weighted by atomic mass is 10.1. The van der Waals surface area contributed by atoms with Gasteiger partial charge in [0.1, 0.15) is 0 Å². The molecule has 0 fully saturated rings. The number of rotatable bonds is 3. The minimum atomic E-state index is -0.492. The lowest BCUT2D eigenvalue weighted by Gasteiger charge is -2.03. The molecule has 0 radical (unpaired) electrons. The second-order valence-corrected chi connectivity index (χ2v) is 2.57. The normalized spacial score (nSPS) is 12.8. The van der Waals surface area contributed by atoms with Crippen LogP contribution in [0.25, 0.3) is 0 Å². The van der Waals surface area contributed by atoms with Crippen molar-refractivity contribution in [2.24, 2.45) is 5.73 Å². The Morgan fingerprint density at radius 3 is 3.08 bits per heavy atom. The van der Waals surface area contributed by atoms with Crippen LogP contribution in [0.15, 0.2) is 6.20 Å². The summed E-state index contributed by atoms with van der Waals surface area (Å²) in [7, 11) is 0. The maximum Gasteiger partial charge on any atom is 0.346 e. The molecule has 0 aliphatic heterocycles. The van der Waals surface area contributed by atoms with Crippen LogP contribution in [-0.4, -0.2) is 21.7 Å². The topological polar surface area (TPSA) is 97.8 Å². The van der Waals surface area contributed by atoms with Crippen molar-refractivity contribution >= 4 is 5.82 Å². The second kappa shape index (κ2) is 3.31. The van der Waals surface area contributed by atoms with Gasteiger partial charge in [0.15, 0.2) is 0 Å². The Kier molecular flexibility index (Phi) is 2.39. The van der Waals surface area contributed by atoms with Gasteiger partial charge < -0.3 is 15.8 Å². The summed E-state index contributed by atoms with van der Waals surface area (Å²) in [5, 5.41) is 16.3. The van der Waals surface area contributed by atoms with Crippen LogP contribution in [0.5, 0.6) is 0 Å². The molecule has 0 aromatic carbocycles. The van der Waals surface area contributed by atoms with Crippen molar-refractivity contribution in [3.8, 4) is 0 Å². The van der Waals surface area contributed by atoms with E-state index in [1.807, 2.05) is 6.92 Å². The highest BCUT2D eigenvalue weighted by molar-refractivity contribution is 5.32. The number of nitro groups is 1. The van der Waals surface area contributed by atoms with E-state index < -0.39 is 4.92 Å². The molecular weight excluding hydrogens is 160 g/mol. The molecule has 1 aromatic heterocycles. The van der Waals surface area contributed by atoms with Crippen molar-refractivity contribution in [3.05, 3.63) is 21.9 Å². The zero-order valence-electron chi connectivity index (χ0n) is 6.65. The van der Waals surface area contributed by atoms with Gasteiger partial charge in [-0.15, -0.1) is 5.10 Å². The first-order valence-electron chi connectivity index (χ1n) is 3.54. The lowest BCUT2D eigenvalue weighted by Crippen LogP contribution is -2.09. The van der Waals surface area contributed by atoms with Gasteiger partial charge in [0.2, 0.25) is 0 Å². The highest BCUT2D eigenvalue weighted by atomic mass is 16.6. The van der Waals surface area contributed by atoms with E-state index in [0.717, 1.165) is 0 Å². The van der Waals surface area contributed by atoms with E-state index in [9.17, 15) is 10.1 Å². The molecule has 12 heavy (non-hydrogen) atoms. The van der Waals surface area contributed by atoms with Crippen LogP contribution in [0.3, 0.4) is 0 Å². The predicted octanol–water partition coefficient (Wildman–Crippen LogP) is 0.380. The summed E-state index contributed by atoms with van der Waals surface area (Å²) in [4.78, 5) is 9.91. The average molecular weight is 170 g/mol. The first-order valence-corrected chi connectivity index (χ1v) is 3.54. The molecule has 1 unspecified atom stereocenters. The molecule has 0 amide bonds. The third kappa shape index (κ3) is 1.42. The number of H-pyrrole nitrogens is 1. The van der Waals surface area contributed by atoms with E-state index in [1.54, 1.807) is 0 Å². The standard InChI is InChI=1S/C6H10N4O2/c1-4(2-7)5-3-8-9-6(5)10(11)12/h3-4H,2,7H2,1H3,(H,8,9). The molecule has 0 saturated heterocycles. The number of hydrogen-bond donors (Lipinski definition) is 2. The van der Waals surface area contributed by atoms with Crippen molar-refractivity contribution in [1.82, 2.24) is 10.2 Å². The largest absolute Gasteiger partial charge is 0.358 e. The van der Waals surface area contributed by atoms with E-state index >= 15 is 0 Å². The Hall–Kier alpha value is -1.43. The number of aromatic nitrogens is 2. The molecule has 1 atom stereocenters. The van der Waals surface area contributed by atoms with Gasteiger partial charge in [0.25, 0.3) is 0 Å². The monoisotopic (exact) mass is 170 g/mol. The van der Waals surface area contributed by atoms with Gasteiger partial charge in [0.05, 0.1) is 11.8 Å². The maximum atomic E-state index is 10.4. The molecule has 0 spiro atoms. The van der Waals surface area contributed by atoms with Gasteiger partial charge in [-0.2, -0.15) is 0 Å². The Morgan fingerprint density at radius 2 is 2.58 bits per heavy atom. The zero-order chi connectivity index (χ0) is 9.14. The van der Waals surface area contributed by atoms with Gasteiger partial charge in [-0.3, -0.25) is 0 Å². The van der Waals surface area contributed by atoms with Gasteiger partial charge in [-0.05, 0) is 11.5 Å². The summed E-state index contributed by atoms with van der Waals surface area (Å²) in [5.74, 6) is -0.0999. The van der Waals surface area contributed by atoms with Gasteiger partial charge in [-0.25, -0.2) is 0 Å². The fourth-order valence-corrected chi connectivity index (χ4v) is 0.922. The van der Waals surface area contributed by atoms with Crippen molar-refractivity contribution in [3.63, 3.8) is 0 Å². The number of aromatic amines is 1. The van der Waals surface area contributed by atoms with Gasteiger partial charge in [0, 0.05) is 5.92 Å². The summed E-state index contributed by atoms with van der Waals surface area (Å²) in [6.45, 7) is 2.19. The third-order valence-corrected chi connectivity index (χ3v) is 1.71. The molecule has 0 aliphatic carbocycles. The summed E-state index contributed by atoms with van der Waals surface area (Å²) < 4.78 is 0. The zero-order valence-corrected chi connectivity index (χ0v) is 6.65. The number of nitrogens with one attached hydrogen (secondary N) is 1. The quantitative estimate of drug-likeness (QED) is 0.506. The molecule has 0 aliphatic rings. The predicted molar refractivity (Wildman–Crippen MR) is 42.7 cm³/mol. The Balaban J connectivity index is 2.98.